The van der Waals surface area contributed by atoms with Crippen molar-refractivity contribution >= 4 is 39.3 Å². The summed E-state index contributed by atoms with van der Waals surface area (Å²) in [7, 11) is 2.01. The third-order valence-corrected chi connectivity index (χ3v) is 6.37. The maximum atomic E-state index is 4.61. The van der Waals surface area contributed by atoms with E-state index in [1.165, 1.54) is 10.8 Å². The Hall–Kier alpha value is -3.01. The van der Waals surface area contributed by atoms with Crippen molar-refractivity contribution in [2.24, 2.45) is 0 Å². The summed E-state index contributed by atoms with van der Waals surface area (Å²) in [6.07, 6.45) is 5.88. The van der Waals surface area contributed by atoms with Gasteiger partial charge in [0.05, 0.1) is 0 Å². The van der Waals surface area contributed by atoms with Crippen molar-refractivity contribution < 1.29 is 21.1 Å². The molecule has 33 heavy (non-hydrogen) atoms. The van der Waals surface area contributed by atoms with Gasteiger partial charge < -0.3 is 14.4 Å². The minimum absolute atomic E-state index is 0. The smallest absolute Gasteiger partial charge is 0.135 e. The fourth-order valence-electron chi connectivity index (χ4n) is 4.02. The van der Waals surface area contributed by atoms with Crippen LogP contribution < -0.4 is 4.90 Å². The van der Waals surface area contributed by atoms with Gasteiger partial charge in [-0.05, 0) is 43.0 Å². The monoisotopic (exact) mass is 626 g/mol. The summed E-state index contributed by atoms with van der Waals surface area (Å²) in [4.78, 5) is 10.8. The van der Waals surface area contributed by atoms with Gasteiger partial charge in [0.15, 0.2) is 0 Å². The van der Waals surface area contributed by atoms with Crippen molar-refractivity contribution in [3.8, 4) is 5.82 Å². The fourth-order valence-corrected chi connectivity index (χ4v) is 4.84. The van der Waals surface area contributed by atoms with Crippen molar-refractivity contribution in [1.29, 1.82) is 0 Å². The molecule has 3 aromatic carbocycles. The molecule has 166 valence electrons. The van der Waals surface area contributed by atoms with E-state index >= 15 is 0 Å². The molecule has 0 radical (unpaired) electrons. The van der Waals surface area contributed by atoms with Gasteiger partial charge in [0.25, 0.3) is 0 Å². The molecule has 6 heteroatoms. The van der Waals surface area contributed by atoms with Crippen LogP contribution in [0, 0.1) is 18.8 Å². The number of hydrogen-bond acceptors (Lipinski definition) is 4. The van der Waals surface area contributed by atoms with Crippen LogP contribution in [-0.4, -0.2) is 21.5 Å². The molecule has 0 spiro atoms. The Kier molecular flexibility index (Phi) is 6.01. The molecular formula is C27H19N4PtS-3. The average molecular weight is 627 g/mol. The van der Waals surface area contributed by atoms with E-state index in [2.05, 4.69) is 81.2 Å². The second-order valence-corrected chi connectivity index (χ2v) is 8.70. The molecule has 0 N–H and O–H groups in total. The number of aromatic nitrogens is 2. The van der Waals surface area contributed by atoms with Gasteiger partial charge >= 0.3 is 0 Å². The van der Waals surface area contributed by atoms with Crippen LogP contribution in [0.25, 0.3) is 27.6 Å². The molecule has 3 heterocycles. The predicted molar refractivity (Wildman–Crippen MR) is 130 cm³/mol. The first-order valence-electron chi connectivity index (χ1n) is 10.4. The molecular weight excluding hydrogens is 607 g/mol. The SMILES string of the molecule is CN1C=CN(c2[c-]c(Sc3[c-]c4c(cc3)c3ccccc3n4-c3ccccn3)ccc2)[CH-]1.[Pt]. The molecule has 1 aliphatic rings. The number of benzene rings is 3. The van der Waals surface area contributed by atoms with Gasteiger partial charge in [0, 0.05) is 32.8 Å². The Morgan fingerprint density at radius 3 is 2.48 bits per heavy atom. The second-order valence-electron chi connectivity index (χ2n) is 7.61. The maximum absolute atomic E-state index is 4.61. The molecule has 0 amide bonds. The predicted octanol–water partition coefficient (Wildman–Crippen LogP) is 6.27. The largest absolute Gasteiger partial charge is 0.510 e. The normalized spacial score (nSPS) is 13.1. The minimum atomic E-state index is 0. The molecule has 5 aromatic rings. The Balaban J connectivity index is 0.00000228. The molecule has 0 saturated carbocycles. The van der Waals surface area contributed by atoms with E-state index in [0.29, 0.717) is 0 Å². The third-order valence-electron chi connectivity index (χ3n) is 5.46. The van der Waals surface area contributed by atoms with E-state index in [1.54, 1.807) is 11.8 Å². The van der Waals surface area contributed by atoms with E-state index in [-0.39, 0.29) is 21.1 Å². The maximum Gasteiger partial charge on any atom is 0.135 e. The van der Waals surface area contributed by atoms with E-state index in [4.69, 9.17) is 0 Å². The number of hydrogen-bond donors (Lipinski definition) is 0. The number of fused-ring (bicyclic) bond motifs is 3. The standard InChI is InChI=1S/C27H19N4S.Pt/c1-29-15-16-30(19-29)20-7-6-8-21(17-20)32-22-12-13-24-23-9-2-3-10-25(23)31(26(24)18-22)27-11-4-5-14-28-27;/h2-16,19H,1H3;/q-3;. The molecule has 2 aromatic heterocycles. The summed E-state index contributed by atoms with van der Waals surface area (Å²) in [5.41, 5.74) is 3.18. The summed E-state index contributed by atoms with van der Waals surface area (Å²) < 4.78 is 2.19. The van der Waals surface area contributed by atoms with Gasteiger partial charge in [-0.3, -0.25) is 0 Å². The molecule has 0 bridgehead atoms. The summed E-state index contributed by atoms with van der Waals surface area (Å²) >= 11 is 1.67. The topological polar surface area (TPSA) is 24.3 Å². The van der Waals surface area contributed by atoms with E-state index in [0.717, 1.165) is 32.3 Å². The van der Waals surface area contributed by atoms with Gasteiger partial charge in [-0.15, -0.1) is 44.8 Å². The van der Waals surface area contributed by atoms with Gasteiger partial charge in [-0.2, -0.15) is 37.0 Å². The number of anilines is 1. The zero-order valence-electron chi connectivity index (χ0n) is 17.8. The third kappa shape index (κ3) is 4.07. The van der Waals surface area contributed by atoms with Crippen LogP contribution in [0.5, 0.6) is 0 Å². The quantitative estimate of drug-likeness (QED) is 0.220. The van der Waals surface area contributed by atoms with Gasteiger partial charge in [-0.1, -0.05) is 29.8 Å². The van der Waals surface area contributed by atoms with Crippen molar-refractivity contribution in [2.45, 2.75) is 9.79 Å². The zero-order chi connectivity index (χ0) is 21.5. The summed E-state index contributed by atoms with van der Waals surface area (Å²) in [5, 5.41) is 2.38. The zero-order valence-corrected chi connectivity index (χ0v) is 20.8. The van der Waals surface area contributed by atoms with Crippen LogP contribution in [0.1, 0.15) is 0 Å². The van der Waals surface area contributed by atoms with E-state index in [9.17, 15) is 0 Å². The van der Waals surface area contributed by atoms with Crippen molar-refractivity contribution in [3.05, 3.63) is 110 Å². The number of pyridine rings is 1. The number of rotatable bonds is 4. The van der Waals surface area contributed by atoms with E-state index < -0.39 is 0 Å². The van der Waals surface area contributed by atoms with Crippen LogP contribution >= 0.6 is 11.8 Å². The van der Waals surface area contributed by atoms with Crippen LogP contribution in [0.3, 0.4) is 0 Å². The Bertz CT molecular complexity index is 1460. The Morgan fingerprint density at radius 1 is 0.818 bits per heavy atom. The van der Waals surface area contributed by atoms with Gasteiger partial charge in [0.2, 0.25) is 0 Å². The molecule has 0 aliphatic carbocycles. The van der Waals surface area contributed by atoms with Crippen molar-refractivity contribution in [1.82, 2.24) is 14.5 Å². The Morgan fingerprint density at radius 2 is 1.67 bits per heavy atom. The number of para-hydroxylation sites is 1. The summed E-state index contributed by atoms with van der Waals surface area (Å²) in [6, 6.07) is 32.1. The van der Waals surface area contributed by atoms with Crippen LogP contribution in [0.15, 0.2) is 101 Å². The van der Waals surface area contributed by atoms with Crippen LogP contribution in [0.2, 0.25) is 0 Å². The molecule has 4 nitrogen and oxygen atoms in total. The van der Waals surface area contributed by atoms with E-state index in [1.807, 2.05) is 55.4 Å². The van der Waals surface area contributed by atoms with Crippen LogP contribution in [0.4, 0.5) is 5.69 Å². The van der Waals surface area contributed by atoms with Gasteiger partial charge in [-0.25, -0.2) is 4.98 Å². The molecule has 0 saturated heterocycles. The molecule has 0 fully saturated rings. The van der Waals surface area contributed by atoms with Crippen molar-refractivity contribution in [3.63, 3.8) is 0 Å². The average Bonchev–Trinajstić information content (AvgIpc) is 3.41. The molecule has 1 aliphatic heterocycles. The molecule has 0 atom stereocenters. The molecule has 0 unspecified atom stereocenters. The van der Waals surface area contributed by atoms with Crippen molar-refractivity contribution in [2.75, 3.05) is 11.9 Å². The Labute approximate surface area is 211 Å². The fraction of sp³-hybridized carbons (Fsp3) is 0.0370. The number of nitrogens with zero attached hydrogens (tertiary/aromatic N) is 4. The minimum Gasteiger partial charge on any atom is -0.510 e. The second kappa shape index (κ2) is 9.09. The summed E-state index contributed by atoms with van der Waals surface area (Å²) in [6.45, 7) is 2.03. The molecule has 6 rings (SSSR count). The van der Waals surface area contributed by atoms with Gasteiger partial charge in [0.1, 0.15) is 5.82 Å². The first-order valence-corrected chi connectivity index (χ1v) is 11.2. The first-order chi connectivity index (χ1) is 15.8. The van der Waals surface area contributed by atoms with Crippen LogP contribution in [-0.2, 0) is 21.1 Å². The summed E-state index contributed by atoms with van der Waals surface area (Å²) in [5.74, 6) is 0.895. The first kappa shape index (κ1) is 21.8.